The maximum absolute atomic E-state index is 13.9. The molecule has 0 aliphatic carbocycles. The average Bonchev–Trinajstić information content (AvgIpc) is 3.66. The van der Waals surface area contributed by atoms with Crippen molar-refractivity contribution >= 4 is 5.91 Å². The molecule has 0 radical (unpaired) electrons. The average molecular weight is 540 g/mol. The smallest absolute Gasteiger partial charge is 0.273 e. The van der Waals surface area contributed by atoms with Gasteiger partial charge in [-0.3, -0.25) is 9.89 Å². The minimum Gasteiger partial charge on any atom is -0.493 e. The number of nitrogens with zero attached hydrogens (tertiary/aromatic N) is 2. The molecular formula is C32H33N3O5. The summed E-state index contributed by atoms with van der Waals surface area (Å²) in [4.78, 5) is 15.8. The van der Waals surface area contributed by atoms with Crippen molar-refractivity contribution in [2.75, 3.05) is 20.5 Å². The summed E-state index contributed by atoms with van der Waals surface area (Å²) in [5.41, 5.74) is 6.08. The van der Waals surface area contributed by atoms with Gasteiger partial charge in [0.15, 0.2) is 23.0 Å². The number of aromatic nitrogens is 2. The number of aryl methyl sites for hydroxylation is 1. The molecular weight excluding hydrogens is 506 g/mol. The molecule has 3 aromatic carbocycles. The molecule has 6 rings (SSSR count). The Morgan fingerprint density at radius 3 is 2.60 bits per heavy atom. The van der Waals surface area contributed by atoms with Gasteiger partial charge in [0.2, 0.25) is 6.79 Å². The van der Waals surface area contributed by atoms with E-state index >= 15 is 0 Å². The van der Waals surface area contributed by atoms with E-state index in [4.69, 9.17) is 18.9 Å². The van der Waals surface area contributed by atoms with Crippen LogP contribution in [0.2, 0.25) is 0 Å². The quantitative estimate of drug-likeness (QED) is 0.269. The van der Waals surface area contributed by atoms with Crippen molar-refractivity contribution in [3.8, 4) is 34.3 Å². The van der Waals surface area contributed by atoms with E-state index < -0.39 is 0 Å². The summed E-state index contributed by atoms with van der Waals surface area (Å²) in [5.74, 6) is 3.14. The molecule has 8 nitrogen and oxygen atoms in total. The molecule has 1 unspecified atom stereocenters. The number of nitrogens with one attached hydrogen (secondary N) is 1. The molecule has 0 saturated heterocycles. The largest absolute Gasteiger partial charge is 0.493 e. The molecule has 2 aliphatic rings. The zero-order chi connectivity index (χ0) is 27.8. The fraction of sp³-hybridized carbons (Fsp3) is 0.312. The van der Waals surface area contributed by atoms with Crippen LogP contribution in [0.1, 0.15) is 59.1 Å². The van der Waals surface area contributed by atoms with Crippen LogP contribution in [0.15, 0.2) is 60.7 Å². The van der Waals surface area contributed by atoms with E-state index in [2.05, 4.69) is 43.1 Å². The number of ether oxygens (including phenoxy) is 4. The number of fused-ring (bicyclic) bond motifs is 2. The van der Waals surface area contributed by atoms with Crippen molar-refractivity contribution in [1.82, 2.24) is 15.1 Å². The van der Waals surface area contributed by atoms with E-state index in [0.29, 0.717) is 47.8 Å². The number of aromatic amines is 1. The van der Waals surface area contributed by atoms with Crippen LogP contribution in [0.5, 0.6) is 23.0 Å². The summed E-state index contributed by atoms with van der Waals surface area (Å²) in [6.45, 7) is 7.58. The molecule has 8 heteroatoms. The lowest BCUT2D eigenvalue weighted by atomic mass is 9.95. The fourth-order valence-electron chi connectivity index (χ4n) is 5.25. The maximum Gasteiger partial charge on any atom is 0.273 e. The van der Waals surface area contributed by atoms with Crippen LogP contribution in [0.25, 0.3) is 11.3 Å². The van der Waals surface area contributed by atoms with Gasteiger partial charge in [0.25, 0.3) is 5.91 Å². The fourth-order valence-corrected chi connectivity index (χ4v) is 5.25. The van der Waals surface area contributed by atoms with E-state index in [1.54, 1.807) is 7.11 Å². The van der Waals surface area contributed by atoms with Gasteiger partial charge in [-0.25, -0.2) is 0 Å². The van der Waals surface area contributed by atoms with Crippen LogP contribution in [-0.2, 0) is 6.54 Å². The first-order valence-electron chi connectivity index (χ1n) is 13.6. The Kier molecular flexibility index (Phi) is 6.84. The first-order valence-corrected chi connectivity index (χ1v) is 13.6. The molecule has 206 valence electrons. The molecule has 40 heavy (non-hydrogen) atoms. The Hall–Kier alpha value is -4.46. The van der Waals surface area contributed by atoms with Gasteiger partial charge in [0.1, 0.15) is 5.69 Å². The zero-order valence-corrected chi connectivity index (χ0v) is 23.2. The SMILES string of the molecule is COc1cc(C2c3c(-c4ccc(C)cc4)n[nH]c3C(=O)N2Cc2ccc3c(c2)OCO3)ccc1OCCC(C)C. The Balaban J connectivity index is 1.41. The number of methoxy groups -OCH3 is 1. The molecule has 1 amide bonds. The van der Waals surface area contributed by atoms with Gasteiger partial charge in [-0.05, 0) is 54.7 Å². The van der Waals surface area contributed by atoms with Crippen LogP contribution in [0.3, 0.4) is 0 Å². The number of H-pyrrole nitrogens is 1. The molecule has 0 saturated carbocycles. The van der Waals surface area contributed by atoms with E-state index in [9.17, 15) is 4.79 Å². The summed E-state index contributed by atoms with van der Waals surface area (Å²) in [6.07, 6.45) is 0.948. The summed E-state index contributed by atoms with van der Waals surface area (Å²) in [7, 11) is 1.64. The highest BCUT2D eigenvalue weighted by Crippen LogP contribution is 2.45. The van der Waals surface area contributed by atoms with Crippen LogP contribution in [0, 0.1) is 12.8 Å². The van der Waals surface area contributed by atoms with Crippen LogP contribution in [0.4, 0.5) is 0 Å². The first-order chi connectivity index (χ1) is 19.4. The van der Waals surface area contributed by atoms with Crippen molar-refractivity contribution in [1.29, 1.82) is 0 Å². The third kappa shape index (κ3) is 4.74. The molecule has 3 heterocycles. The molecule has 0 fully saturated rings. The Morgan fingerprint density at radius 2 is 1.82 bits per heavy atom. The van der Waals surface area contributed by atoms with E-state index in [1.807, 2.05) is 53.4 Å². The van der Waals surface area contributed by atoms with Gasteiger partial charge in [-0.2, -0.15) is 5.10 Å². The van der Waals surface area contributed by atoms with Crippen molar-refractivity contribution in [2.45, 2.75) is 39.8 Å². The van der Waals surface area contributed by atoms with Gasteiger partial charge in [-0.15, -0.1) is 0 Å². The van der Waals surface area contributed by atoms with Gasteiger partial charge in [0.05, 0.1) is 25.5 Å². The number of hydrogen-bond donors (Lipinski definition) is 1. The lowest BCUT2D eigenvalue weighted by Crippen LogP contribution is -2.29. The second-order valence-corrected chi connectivity index (χ2v) is 10.7. The van der Waals surface area contributed by atoms with Gasteiger partial charge in [-0.1, -0.05) is 55.8 Å². The van der Waals surface area contributed by atoms with Crippen molar-refractivity contribution < 1.29 is 23.7 Å². The highest BCUT2D eigenvalue weighted by molar-refractivity contribution is 6.00. The van der Waals surface area contributed by atoms with E-state index in [1.165, 1.54) is 0 Å². The number of carbonyl (C=O) groups excluding carboxylic acids is 1. The second kappa shape index (κ2) is 10.6. The van der Waals surface area contributed by atoms with E-state index in [0.717, 1.165) is 39.9 Å². The topological polar surface area (TPSA) is 85.9 Å². The zero-order valence-electron chi connectivity index (χ0n) is 23.2. The van der Waals surface area contributed by atoms with Crippen molar-refractivity contribution in [3.05, 3.63) is 88.6 Å². The first kappa shape index (κ1) is 25.8. The molecule has 1 aromatic heterocycles. The standard InChI is InChI=1S/C32H33N3O5/c1-19(2)13-14-38-24-12-10-23(16-26(24)37-4)31-28-29(22-8-5-20(3)6-9-22)33-34-30(28)32(36)35(31)17-21-7-11-25-27(15-21)40-18-39-25/h5-12,15-16,19,31H,13-14,17-18H2,1-4H3,(H,33,34). The second-order valence-electron chi connectivity index (χ2n) is 10.7. The Morgan fingerprint density at radius 1 is 1.02 bits per heavy atom. The summed E-state index contributed by atoms with van der Waals surface area (Å²) >= 11 is 0. The molecule has 0 bridgehead atoms. The highest BCUT2D eigenvalue weighted by atomic mass is 16.7. The Bertz CT molecular complexity index is 1540. The summed E-state index contributed by atoms with van der Waals surface area (Å²) in [6, 6.07) is 19.5. The molecule has 1 atom stereocenters. The Labute approximate surface area is 233 Å². The molecule has 1 N–H and O–H groups in total. The van der Waals surface area contributed by atoms with Crippen LogP contribution < -0.4 is 18.9 Å². The third-order valence-corrected chi connectivity index (χ3v) is 7.43. The number of carbonyl (C=O) groups is 1. The number of rotatable bonds is 9. The third-order valence-electron chi connectivity index (χ3n) is 7.43. The highest BCUT2D eigenvalue weighted by Gasteiger charge is 2.42. The molecule has 2 aliphatic heterocycles. The van der Waals surface area contributed by atoms with Gasteiger partial charge in [0, 0.05) is 17.7 Å². The maximum atomic E-state index is 13.9. The number of benzene rings is 3. The van der Waals surface area contributed by atoms with Crippen molar-refractivity contribution in [2.24, 2.45) is 5.92 Å². The monoisotopic (exact) mass is 539 g/mol. The summed E-state index contributed by atoms with van der Waals surface area (Å²) < 4.78 is 22.9. The van der Waals surface area contributed by atoms with Gasteiger partial charge < -0.3 is 23.8 Å². The molecule has 0 spiro atoms. The van der Waals surface area contributed by atoms with Crippen LogP contribution >= 0.6 is 0 Å². The van der Waals surface area contributed by atoms with Crippen molar-refractivity contribution in [3.63, 3.8) is 0 Å². The lowest BCUT2D eigenvalue weighted by molar-refractivity contribution is 0.0729. The minimum absolute atomic E-state index is 0.111. The van der Waals surface area contributed by atoms with E-state index in [-0.39, 0.29) is 18.7 Å². The minimum atomic E-state index is -0.387. The lowest BCUT2D eigenvalue weighted by Gasteiger charge is -2.27. The normalized spacial score (nSPS) is 15.6. The van der Waals surface area contributed by atoms with Gasteiger partial charge >= 0.3 is 0 Å². The predicted molar refractivity (Wildman–Crippen MR) is 151 cm³/mol. The number of amides is 1. The molecule has 4 aromatic rings. The number of hydrogen-bond acceptors (Lipinski definition) is 6. The van der Waals surface area contributed by atoms with Crippen LogP contribution in [-0.4, -0.2) is 41.5 Å². The summed E-state index contributed by atoms with van der Waals surface area (Å²) in [5, 5.41) is 7.65. The predicted octanol–water partition coefficient (Wildman–Crippen LogP) is 6.29.